The molecule has 0 radical (unpaired) electrons. The Bertz CT molecular complexity index is 560. The van der Waals surface area contributed by atoms with Crippen LogP contribution in [0.1, 0.15) is 17.4 Å². The smallest absolute Gasteiger partial charge is 0.191 e. The molecule has 0 spiro atoms. The minimum absolute atomic E-state index is 0. The molecule has 4 nitrogen and oxygen atoms in total. The highest BCUT2D eigenvalue weighted by Gasteiger charge is 2.06. The third kappa shape index (κ3) is 7.81. The molecule has 0 aliphatic rings. The lowest BCUT2D eigenvalue weighted by molar-refractivity contribution is 0.177. The van der Waals surface area contributed by atoms with Gasteiger partial charge in [0.1, 0.15) is 0 Å². The molecular formula is C17H24IN3OS. The summed E-state index contributed by atoms with van der Waals surface area (Å²) in [4.78, 5) is 5.75. The van der Waals surface area contributed by atoms with E-state index in [9.17, 15) is 5.11 Å². The van der Waals surface area contributed by atoms with Crippen LogP contribution in [0.3, 0.4) is 0 Å². The topological polar surface area (TPSA) is 56.7 Å². The quantitative estimate of drug-likeness (QED) is 0.349. The maximum absolute atomic E-state index is 10.1. The van der Waals surface area contributed by atoms with Crippen LogP contribution < -0.4 is 10.6 Å². The number of nitrogens with zero attached hydrogens (tertiary/aromatic N) is 1. The Morgan fingerprint density at radius 2 is 1.96 bits per heavy atom. The largest absolute Gasteiger partial charge is 0.391 e. The number of hydrogen-bond donors (Lipinski definition) is 3. The molecule has 3 N–H and O–H groups in total. The summed E-state index contributed by atoms with van der Waals surface area (Å²) >= 11 is 1.70. The second-order valence-corrected chi connectivity index (χ2v) is 6.03. The van der Waals surface area contributed by atoms with Crippen molar-refractivity contribution >= 4 is 41.3 Å². The molecule has 1 aromatic carbocycles. The highest BCUT2D eigenvalue weighted by atomic mass is 127. The molecule has 0 bridgehead atoms. The van der Waals surface area contributed by atoms with Crippen LogP contribution in [0.25, 0.3) is 0 Å². The molecule has 0 aliphatic heterocycles. The first-order valence-corrected chi connectivity index (χ1v) is 8.42. The van der Waals surface area contributed by atoms with Crippen LogP contribution in [0.15, 0.2) is 52.8 Å². The molecule has 1 aromatic heterocycles. The maximum Gasteiger partial charge on any atom is 0.191 e. The van der Waals surface area contributed by atoms with Crippen molar-refractivity contribution in [2.75, 3.05) is 13.1 Å². The summed E-state index contributed by atoms with van der Waals surface area (Å²) in [6, 6.07) is 14.1. The number of rotatable bonds is 7. The fourth-order valence-corrected chi connectivity index (χ4v) is 2.70. The molecule has 2 rings (SSSR count). The van der Waals surface area contributed by atoms with Crippen LogP contribution in [0.5, 0.6) is 0 Å². The van der Waals surface area contributed by atoms with Gasteiger partial charge in [-0.1, -0.05) is 36.4 Å². The Morgan fingerprint density at radius 1 is 1.17 bits per heavy atom. The molecule has 0 saturated carbocycles. The zero-order valence-electron chi connectivity index (χ0n) is 13.2. The number of halogens is 1. The number of guanidine groups is 1. The Labute approximate surface area is 159 Å². The van der Waals surface area contributed by atoms with Gasteiger partial charge in [-0.25, -0.2) is 4.99 Å². The summed E-state index contributed by atoms with van der Waals surface area (Å²) in [5.41, 5.74) is 1.14. The predicted octanol–water partition coefficient (Wildman–Crippen LogP) is 3.02. The van der Waals surface area contributed by atoms with Gasteiger partial charge >= 0.3 is 0 Å². The predicted molar refractivity (Wildman–Crippen MR) is 109 cm³/mol. The molecule has 126 valence electrons. The van der Waals surface area contributed by atoms with Gasteiger partial charge in [-0.2, -0.15) is 0 Å². The standard InChI is InChI=1S/C17H23N3OS.HI/c1-2-18-17(20-13-16-9-6-10-22-16)19-12-15(21)11-14-7-4-3-5-8-14;/h3-10,15,21H,2,11-13H2,1H3,(H2,18,19,20);1H. The van der Waals surface area contributed by atoms with E-state index < -0.39 is 6.10 Å². The number of aliphatic imine (C=N–C) groups is 1. The second-order valence-electron chi connectivity index (χ2n) is 5.00. The Morgan fingerprint density at radius 3 is 2.61 bits per heavy atom. The molecule has 23 heavy (non-hydrogen) atoms. The van der Waals surface area contributed by atoms with Gasteiger partial charge in [-0.3, -0.25) is 0 Å². The van der Waals surface area contributed by atoms with Crippen LogP contribution in [0.2, 0.25) is 0 Å². The average Bonchev–Trinajstić information content (AvgIpc) is 3.04. The first-order chi connectivity index (χ1) is 10.8. The van der Waals surface area contributed by atoms with Crippen LogP contribution in [0.4, 0.5) is 0 Å². The average molecular weight is 445 g/mol. The van der Waals surface area contributed by atoms with Gasteiger partial charge in [-0.15, -0.1) is 35.3 Å². The Kier molecular flexibility index (Phi) is 9.89. The Balaban J connectivity index is 0.00000264. The Hall–Kier alpha value is -1.12. The van der Waals surface area contributed by atoms with Crippen LogP contribution in [-0.4, -0.2) is 30.3 Å². The van der Waals surface area contributed by atoms with Crippen molar-refractivity contribution in [3.05, 3.63) is 58.3 Å². The minimum atomic E-state index is -0.437. The van der Waals surface area contributed by atoms with Crippen molar-refractivity contribution < 1.29 is 5.11 Å². The fraction of sp³-hybridized carbons (Fsp3) is 0.353. The van der Waals surface area contributed by atoms with Crippen molar-refractivity contribution in [1.29, 1.82) is 0 Å². The second kappa shape index (κ2) is 11.4. The maximum atomic E-state index is 10.1. The lowest BCUT2D eigenvalue weighted by atomic mass is 10.1. The third-order valence-electron chi connectivity index (χ3n) is 3.14. The molecule has 1 unspecified atom stereocenters. The highest BCUT2D eigenvalue weighted by molar-refractivity contribution is 14.0. The summed E-state index contributed by atoms with van der Waals surface area (Å²) in [5, 5.41) is 18.6. The van der Waals surface area contributed by atoms with Crippen molar-refractivity contribution in [1.82, 2.24) is 10.6 Å². The zero-order valence-corrected chi connectivity index (χ0v) is 16.4. The fourth-order valence-electron chi connectivity index (χ4n) is 2.07. The van der Waals surface area contributed by atoms with Crippen molar-refractivity contribution in [2.45, 2.75) is 26.0 Å². The van der Waals surface area contributed by atoms with E-state index in [4.69, 9.17) is 0 Å². The van der Waals surface area contributed by atoms with Crippen molar-refractivity contribution in [3.63, 3.8) is 0 Å². The summed E-state index contributed by atoms with van der Waals surface area (Å²) < 4.78 is 0. The number of hydrogen-bond acceptors (Lipinski definition) is 3. The van der Waals surface area contributed by atoms with Gasteiger partial charge in [-0.05, 0) is 23.9 Å². The molecule has 6 heteroatoms. The first kappa shape index (κ1) is 19.9. The first-order valence-electron chi connectivity index (χ1n) is 7.54. The number of thiophene rings is 1. The molecule has 0 amide bonds. The van der Waals surface area contributed by atoms with Crippen molar-refractivity contribution in [3.8, 4) is 0 Å². The molecule has 0 fully saturated rings. The molecule has 2 aromatic rings. The van der Waals surface area contributed by atoms with E-state index in [1.807, 2.05) is 43.3 Å². The van der Waals surface area contributed by atoms with Crippen molar-refractivity contribution in [2.24, 2.45) is 4.99 Å². The normalized spacial score (nSPS) is 12.3. The number of aliphatic hydroxyl groups excluding tert-OH is 1. The van der Waals surface area contributed by atoms with Crippen LogP contribution in [-0.2, 0) is 13.0 Å². The lowest BCUT2D eigenvalue weighted by Gasteiger charge is -2.15. The number of aliphatic hydroxyl groups is 1. The molecule has 0 saturated heterocycles. The minimum Gasteiger partial charge on any atom is -0.391 e. The van der Waals surface area contributed by atoms with Crippen LogP contribution >= 0.6 is 35.3 Å². The third-order valence-corrected chi connectivity index (χ3v) is 4.00. The van der Waals surface area contributed by atoms with E-state index in [1.165, 1.54) is 4.88 Å². The lowest BCUT2D eigenvalue weighted by Crippen LogP contribution is -2.41. The van der Waals surface area contributed by atoms with Gasteiger partial charge in [0.2, 0.25) is 0 Å². The van der Waals surface area contributed by atoms with E-state index in [1.54, 1.807) is 11.3 Å². The zero-order chi connectivity index (χ0) is 15.6. The van der Waals surface area contributed by atoms with Gasteiger partial charge in [0.25, 0.3) is 0 Å². The van der Waals surface area contributed by atoms with E-state index >= 15 is 0 Å². The van der Waals surface area contributed by atoms with E-state index in [-0.39, 0.29) is 24.0 Å². The van der Waals surface area contributed by atoms with Gasteiger partial charge < -0.3 is 15.7 Å². The molecular weight excluding hydrogens is 421 g/mol. The van der Waals surface area contributed by atoms with Gasteiger partial charge in [0, 0.05) is 24.4 Å². The summed E-state index contributed by atoms with van der Waals surface area (Å²) in [7, 11) is 0. The summed E-state index contributed by atoms with van der Waals surface area (Å²) in [6.07, 6.45) is 0.200. The molecule has 1 atom stereocenters. The van der Waals surface area contributed by atoms with Crippen LogP contribution in [0, 0.1) is 0 Å². The summed E-state index contributed by atoms with van der Waals surface area (Å²) in [6.45, 7) is 3.96. The highest BCUT2D eigenvalue weighted by Crippen LogP contribution is 2.09. The molecule has 0 aliphatic carbocycles. The van der Waals surface area contributed by atoms with E-state index in [2.05, 4.69) is 27.1 Å². The van der Waals surface area contributed by atoms with Gasteiger partial charge in [0.15, 0.2) is 5.96 Å². The monoisotopic (exact) mass is 445 g/mol. The molecule has 1 heterocycles. The number of nitrogens with one attached hydrogen (secondary N) is 2. The summed E-state index contributed by atoms with van der Waals surface area (Å²) in [5.74, 6) is 0.739. The van der Waals surface area contributed by atoms with E-state index in [0.29, 0.717) is 19.5 Å². The van der Waals surface area contributed by atoms with E-state index in [0.717, 1.165) is 18.1 Å². The van der Waals surface area contributed by atoms with Gasteiger partial charge in [0.05, 0.1) is 12.6 Å². The number of benzene rings is 1. The SMILES string of the molecule is CCNC(=NCc1cccs1)NCC(O)Cc1ccccc1.I.